The molecule has 0 saturated heterocycles. The molecule has 4 nitrogen and oxygen atoms in total. The van der Waals surface area contributed by atoms with Gasteiger partial charge in [-0.15, -0.1) is 0 Å². The Bertz CT molecular complexity index is 360. The van der Waals surface area contributed by atoms with E-state index >= 15 is 0 Å². The molecule has 1 fully saturated rings. The molecule has 4 atom stereocenters. The lowest BCUT2D eigenvalue weighted by atomic mass is 9.83. The highest BCUT2D eigenvalue weighted by Crippen LogP contribution is 2.49. The SMILES string of the molecule is C=COC(=O)C1C2C=CC(C2)C1C(=O)OC=C. The zero-order chi connectivity index (χ0) is 12.4. The van der Waals surface area contributed by atoms with Gasteiger partial charge in [0.15, 0.2) is 0 Å². The number of fused-ring (bicyclic) bond motifs is 2. The van der Waals surface area contributed by atoms with Crippen LogP contribution in [0.5, 0.6) is 0 Å². The molecule has 0 aromatic carbocycles. The molecule has 90 valence electrons. The van der Waals surface area contributed by atoms with Crippen molar-refractivity contribution in [2.75, 3.05) is 0 Å². The summed E-state index contributed by atoms with van der Waals surface area (Å²) in [6.45, 7) is 6.69. The van der Waals surface area contributed by atoms with Gasteiger partial charge in [-0.05, 0) is 18.3 Å². The van der Waals surface area contributed by atoms with Crippen LogP contribution in [0, 0.1) is 23.7 Å². The van der Waals surface area contributed by atoms with Crippen LogP contribution in [0.2, 0.25) is 0 Å². The maximum atomic E-state index is 11.8. The number of hydrogen-bond donors (Lipinski definition) is 0. The molecular weight excluding hydrogens is 220 g/mol. The van der Waals surface area contributed by atoms with Gasteiger partial charge in [0.25, 0.3) is 0 Å². The number of carbonyl (C=O) groups excluding carboxylic acids is 2. The first kappa shape index (κ1) is 11.6. The molecule has 2 aliphatic rings. The Labute approximate surface area is 99.6 Å². The molecule has 0 N–H and O–H groups in total. The quantitative estimate of drug-likeness (QED) is 0.423. The van der Waals surface area contributed by atoms with E-state index in [0.717, 1.165) is 18.9 Å². The molecule has 2 bridgehead atoms. The number of hydrogen-bond acceptors (Lipinski definition) is 4. The number of carbonyl (C=O) groups is 2. The number of esters is 2. The third-order valence-corrected chi connectivity index (χ3v) is 3.40. The molecule has 0 aromatic rings. The van der Waals surface area contributed by atoms with Gasteiger partial charge in [-0.3, -0.25) is 9.59 Å². The van der Waals surface area contributed by atoms with Gasteiger partial charge in [0, 0.05) is 0 Å². The fraction of sp³-hybridized carbons (Fsp3) is 0.385. The van der Waals surface area contributed by atoms with E-state index in [-0.39, 0.29) is 11.8 Å². The summed E-state index contributed by atoms with van der Waals surface area (Å²) in [5, 5.41) is 0. The summed E-state index contributed by atoms with van der Waals surface area (Å²) in [7, 11) is 0. The maximum Gasteiger partial charge on any atom is 0.315 e. The van der Waals surface area contributed by atoms with Crippen LogP contribution in [-0.2, 0) is 19.1 Å². The van der Waals surface area contributed by atoms with Gasteiger partial charge in [-0.1, -0.05) is 25.3 Å². The van der Waals surface area contributed by atoms with Gasteiger partial charge < -0.3 is 9.47 Å². The molecule has 0 radical (unpaired) electrons. The number of allylic oxidation sites excluding steroid dienone is 2. The third kappa shape index (κ3) is 1.90. The lowest BCUT2D eigenvalue weighted by molar-refractivity contribution is -0.155. The highest BCUT2D eigenvalue weighted by atomic mass is 16.5. The van der Waals surface area contributed by atoms with Gasteiger partial charge in [-0.2, -0.15) is 0 Å². The van der Waals surface area contributed by atoms with Crippen molar-refractivity contribution in [3.8, 4) is 0 Å². The van der Waals surface area contributed by atoms with Crippen LogP contribution in [0.15, 0.2) is 37.8 Å². The minimum Gasteiger partial charge on any atom is -0.435 e. The Morgan fingerprint density at radius 2 is 1.41 bits per heavy atom. The van der Waals surface area contributed by atoms with E-state index < -0.39 is 23.8 Å². The van der Waals surface area contributed by atoms with Crippen molar-refractivity contribution in [2.45, 2.75) is 6.42 Å². The largest absolute Gasteiger partial charge is 0.435 e. The van der Waals surface area contributed by atoms with Crippen LogP contribution < -0.4 is 0 Å². The lowest BCUT2D eigenvalue weighted by Crippen LogP contribution is -2.34. The Morgan fingerprint density at radius 3 is 1.76 bits per heavy atom. The number of rotatable bonds is 4. The molecule has 0 aromatic heterocycles. The van der Waals surface area contributed by atoms with Crippen LogP contribution in [0.4, 0.5) is 0 Å². The van der Waals surface area contributed by atoms with E-state index in [4.69, 9.17) is 9.47 Å². The smallest absolute Gasteiger partial charge is 0.315 e. The first-order valence-electron chi connectivity index (χ1n) is 5.50. The first-order chi connectivity index (χ1) is 8.19. The van der Waals surface area contributed by atoms with E-state index in [2.05, 4.69) is 13.2 Å². The highest BCUT2D eigenvalue weighted by Gasteiger charge is 2.52. The lowest BCUT2D eigenvalue weighted by Gasteiger charge is -2.23. The normalized spacial score (nSPS) is 33.2. The average molecular weight is 234 g/mol. The molecule has 0 heterocycles. The standard InChI is InChI=1S/C13H14O4/c1-3-16-12(14)10-8-5-6-9(7-8)11(10)13(15)17-4-2/h3-6,8-11H,1-2,7H2. The second-order valence-corrected chi connectivity index (χ2v) is 4.21. The summed E-state index contributed by atoms with van der Waals surface area (Å²) < 4.78 is 9.59. The zero-order valence-corrected chi connectivity index (χ0v) is 9.37. The van der Waals surface area contributed by atoms with Crippen LogP contribution in [0.3, 0.4) is 0 Å². The van der Waals surface area contributed by atoms with Crippen LogP contribution in [0.25, 0.3) is 0 Å². The van der Waals surface area contributed by atoms with Crippen molar-refractivity contribution in [3.05, 3.63) is 37.8 Å². The van der Waals surface area contributed by atoms with E-state index in [1.807, 2.05) is 12.2 Å². The van der Waals surface area contributed by atoms with Crippen LogP contribution in [-0.4, -0.2) is 11.9 Å². The molecule has 17 heavy (non-hydrogen) atoms. The third-order valence-electron chi connectivity index (χ3n) is 3.40. The van der Waals surface area contributed by atoms with Crippen molar-refractivity contribution in [3.63, 3.8) is 0 Å². The molecule has 2 rings (SSSR count). The molecule has 0 spiro atoms. The molecular formula is C13H14O4. The van der Waals surface area contributed by atoms with E-state index in [1.165, 1.54) is 0 Å². The predicted octanol–water partition coefficient (Wildman–Crippen LogP) is 1.80. The van der Waals surface area contributed by atoms with E-state index in [9.17, 15) is 9.59 Å². The van der Waals surface area contributed by atoms with E-state index in [1.54, 1.807) is 0 Å². The minimum atomic E-state index is -0.463. The highest BCUT2D eigenvalue weighted by molar-refractivity contribution is 5.85. The van der Waals surface area contributed by atoms with Crippen molar-refractivity contribution >= 4 is 11.9 Å². The van der Waals surface area contributed by atoms with Crippen LogP contribution >= 0.6 is 0 Å². The van der Waals surface area contributed by atoms with Crippen molar-refractivity contribution in [1.82, 2.24) is 0 Å². The van der Waals surface area contributed by atoms with Crippen molar-refractivity contribution in [2.24, 2.45) is 23.7 Å². The Kier molecular flexibility index (Phi) is 3.13. The molecule has 2 aliphatic carbocycles. The van der Waals surface area contributed by atoms with Gasteiger partial charge in [-0.25, -0.2) is 0 Å². The average Bonchev–Trinajstić information content (AvgIpc) is 2.89. The molecule has 4 unspecified atom stereocenters. The summed E-state index contributed by atoms with van der Waals surface area (Å²) >= 11 is 0. The van der Waals surface area contributed by atoms with Gasteiger partial charge in [0.05, 0.1) is 24.4 Å². The Morgan fingerprint density at radius 1 is 1.00 bits per heavy atom. The van der Waals surface area contributed by atoms with Crippen molar-refractivity contribution < 1.29 is 19.1 Å². The summed E-state index contributed by atoms with van der Waals surface area (Å²) in [5.41, 5.74) is 0. The fourth-order valence-corrected chi connectivity index (χ4v) is 2.79. The molecule has 0 aliphatic heterocycles. The summed E-state index contributed by atoms with van der Waals surface area (Å²) in [5.74, 6) is -1.62. The van der Waals surface area contributed by atoms with E-state index in [0.29, 0.717) is 0 Å². The summed E-state index contributed by atoms with van der Waals surface area (Å²) in [6, 6.07) is 0. The van der Waals surface area contributed by atoms with Crippen molar-refractivity contribution in [1.29, 1.82) is 0 Å². The Hall–Kier alpha value is -1.84. The van der Waals surface area contributed by atoms with Gasteiger partial charge >= 0.3 is 11.9 Å². The summed E-state index contributed by atoms with van der Waals surface area (Å²) in [4.78, 5) is 23.6. The fourth-order valence-electron chi connectivity index (χ4n) is 2.79. The number of ether oxygens (including phenoxy) is 2. The Balaban J connectivity index is 2.20. The van der Waals surface area contributed by atoms with Gasteiger partial charge in [0.2, 0.25) is 0 Å². The molecule has 4 heteroatoms. The summed E-state index contributed by atoms with van der Waals surface area (Å²) in [6.07, 6.45) is 6.92. The second kappa shape index (κ2) is 4.57. The minimum absolute atomic E-state index is 0.0646. The van der Waals surface area contributed by atoms with Crippen LogP contribution in [0.1, 0.15) is 6.42 Å². The predicted molar refractivity (Wildman–Crippen MR) is 60.3 cm³/mol. The van der Waals surface area contributed by atoms with Gasteiger partial charge in [0.1, 0.15) is 0 Å². The zero-order valence-electron chi connectivity index (χ0n) is 9.37. The maximum absolute atomic E-state index is 11.8. The second-order valence-electron chi connectivity index (χ2n) is 4.21. The first-order valence-corrected chi connectivity index (χ1v) is 5.50. The molecule has 1 saturated carbocycles. The topological polar surface area (TPSA) is 52.6 Å². The molecule has 0 amide bonds. The monoisotopic (exact) mass is 234 g/mol.